The molecule has 1 N–H and O–H groups in total. The van der Waals surface area contributed by atoms with Gasteiger partial charge < -0.3 is 10.1 Å². The van der Waals surface area contributed by atoms with Crippen molar-refractivity contribution < 1.29 is 14.3 Å². The van der Waals surface area contributed by atoms with Crippen molar-refractivity contribution in [1.82, 2.24) is 0 Å². The summed E-state index contributed by atoms with van der Waals surface area (Å²) in [4.78, 5) is 26.2. The lowest BCUT2D eigenvalue weighted by atomic mass is 9.97. The molecule has 1 aliphatic rings. The summed E-state index contributed by atoms with van der Waals surface area (Å²) in [7, 11) is 0. The van der Waals surface area contributed by atoms with E-state index in [2.05, 4.69) is 19.2 Å². The van der Waals surface area contributed by atoms with Gasteiger partial charge in [0.2, 0.25) is 0 Å². The first-order chi connectivity index (χ1) is 12.1. The third kappa shape index (κ3) is 4.10. The number of hydrogen-bond acceptors (Lipinski definition) is 4. The van der Waals surface area contributed by atoms with E-state index >= 15 is 0 Å². The lowest BCUT2D eigenvalue weighted by molar-refractivity contribution is -0.119. The quantitative estimate of drug-likeness (QED) is 0.772. The monoisotopic (exact) mass is 357 g/mol. The minimum atomic E-state index is -0.412. The Morgan fingerprint density at radius 1 is 1.28 bits per heavy atom. The van der Waals surface area contributed by atoms with Crippen LogP contribution in [0.2, 0.25) is 0 Å². The molecule has 5 heteroatoms. The van der Waals surface area contributed by atoms with Gasteiger partial charge in [-0.3, -0.25) is 4.79 Å². The zero-order chi connectivity index (χ0) is 17.8. The first-order valence-corrected chi connectivity index (χ1v) is 9.57. The minimum absolute atomic E-state index is 0.268. The molecule has 1 atom stereocenters. The largest absolute Gasteiger partial charge is 0.451 e. The van der Waals surface area contributed by atoms with Crippen LogP contribution in [0.15, 0.2) is 30.3 Å². The van der Waals surface area contributed by atoms with Gasteiger partial charge in [-0.2, -0.15) is 0 Å². The van der Waals surface area contributed by atoms with E-state index in [1.165, 1.54) is 21.8 Å². The molecule has 1 amide bonds. The Morgan fingerprint density at radius 3 is 2.84 bits per heavy atom. The number of benzene rings is 1. The molecule has 4 nitrogen and oxygen atoms in total. The van der Waals surface area contributed by atoms with Crippen molar-refractivity contribution >= 4 is 28.9 Å². The maximum absolute atomic E-state index is 12.2. The third-order valence-electron chi connectivity index (χ3n) is 4.66. The third-order valence-corrected chi connectivity index (χ3v) is 5.88. The van der Waals surface area contributed by atoms with Crippen LogP contribution in [0, 0.1) is 0 Å². The van der Waals surface area contributed by atoms with E-state index in [-0.39, 0.29) is 12.5 Å². The van der Waals surface area contributed by atoms with E-state index in [1.807, 2.05) is 30.3 Å². The van der Waals surface area contributed by atoms with Crippen LogP contribution in [0.4, 0.5) is 5.69 Å². The molecular weight excluding hydrogens is 334 g/mol. The second kappa shape index (κ2) is 7.83. The maximum Gasteiger partial charge on any atom is 0.348 e. The molecule has 0 saturated carbocycles. The highest BCUT2D eigenvalue weighted by molar-refractivity contribution is 7.14. The van der Waals surface area contributed by atoms with Gasteiger partial charge in [0, 0.05) is 10.6 Å². The van der Waals surface area contributed by atoms with Crippen LogP contribution in [0.1, 0.15) is 58.3 Å². The number of anilines is 1. The molecule has 1 aliphatic carbocycles. The molecule has 0 unspecified atom stereocenters. The van der Waals surface area contributed by atoms with Gasteiger partial charge in [0.25, 0.3) is 5.91 Å². The predicted molar refractivity (Wildman–Crippen MR) is 100 cm³/mol. The van der Waals surface area contributed by atoms with Crippen LogP contribution in [-0.4, -0.2) is 18.5 Å². The van der Waals surface area contributed by atoms with E-state index in [9.17, 15) is 9.59 Å². The molecule has 25 heavy (non-hydrogen) atoms. The van der Waals surface area contributed by atoms with Crippen molar-refractivity contribution in [2.75, 3.05) is 11.9 Å². The van der Waals surface area contributed by atoms with Crippen LogP contribution in [0.25, 0.3) is 0 Å². The average Bonchev–Trinajstić information content (AvgIpc) is 3.21. The summed E-state index contributed by atoms with van der Waals surface area (Å²) in [6.45, 7) is 3.97. The molecule has 1 heterocycles. The number of hydrogen-bond donors (Lipinski definition) is 1. The summed E-state index contributed by atoms with van der Waals surface area (Å²) < 4.78 is 5.19. The Labute approximate surface area is 152 Å². The molecule has 0 bridgehead atoms. The van der Waals surface area contributed by atoms with Crippen molar-refractivity contribution in [3.63, 3.8) is 0 Å². The molecule has 1 aromatic carbocycles. The van der Waals surface area contributed by atoms with E-state index in [4.69, 9.17) is 4.74 Å². The predicted octanol–water partition coefficient (Wildman–Crippen LogP) is 4.55. The van der Waals surface area contributed by atoms with E-state index in [0.29, 0.717) is 10.8 Å². The van der Waals surface area contributed by atoms with Crippen molar-refractivity contribution in [1.29, 1.82) is 0 Å². The molecule has 3 rings (SSSR count). The topological polar surface area (TPSA) is 55.4 Å². The van der Waals surface area contributed by atoms with Gasteiger partial charge in [-0.15, -0.1) is 11.3 Å². The number of rotatable bonds is 6. The number of esters is 1. The highest BCUT2D eigenvalue weighted by atomic mass is 32.1. The van der Waals surface area contributed by atoms with Crippen molar-refractivity contribution in [3.8, 4) is 0 Å². The van der Waals surface area contributed by atoms with Gasteiger partial charge in [-0.1, -0.05) is 32.0 Å². The van der Waals surface area contributed by atoms with Gasteiger partial charge in [-0.05, 0) is 54.9 Å². The second-order valence-corrected chi connectivity index (χ2v) is 7.57. The summed E-state index contributed by atoms with van der Waals surface area (Å²) in [5, 5.41) is 2.86. The molecule has 0 aliphatic heterocycles. The normalized spacial score (nSPS) is 14.0. The summed E-state index contributed by atoms with van der Waals surface area (Å²) in [5.41, 5.74) is 3.14. The van der Waals surface area contributed by atoms with Gasteiger partial charge in [0.15, 0.2) is 6.61 Å². The summed E-state index contributed by atoms with van der Waals surface area (Å²) in [6, 6.07) is 9.66. The Bertz CT molecular complexity index is 759. The molecule has 132 valence electrons. The standard InChI is InChI=1S/C20H23NO3S/c1-3-13(2)15-8-4-5-9-16(15)21-19(22)12-24-20(23)18-11-14-7-6-10-17(14)25-18/h4-5,8-9,11,13H,3,6-7,10,12H2,1-2H3,(H,21,22)/t13-/m0/s1. The second-order valence-electron chi connectivity index (χ2n) is 6.43. The Hall–Kier alpha value is -2.14. The van der Waals surface area contributed by atoms with Gasteiger partial charge in [0.05, 0.1) is 0 Å². The van der Waals surface area contributed by atoms with Gasteiger partial charge in [-0.25, -0.2) is 4.79 Å². The summed E-state index contributed by atoms with van der Waals surface area (Å²) >= 11 is 1.49. The Kier molecular flexibility index (Phi) is 5.53. The number of carbonyl (C=O) groups is 2. The molecule has 0 fully saturated rings. The lowest BCUT2D eigenvalue weighted by Gasteiger charge is -2.15. The fraction of sp³-hybridized carbons (Fsp3) is 0.400. The SMILES string of the molecule is CC[C@H](C)c1ccccc1NC(=O)COC(=O)c1cc2c(s1)CCC2. The molecule has 0 spiro atoms. The number of carbonyl (C=O) groups excluding carboxylic acids is 2. The van der Waals surface area contributed by atoms with Crippen molar-refractivity contribution in [3.05, 3.63) is 51.2 Å². The number of nitrogens with one attached hydrogen (secondary N) is 1. The van der Waals surface area contributed by atoms with Crippen LogP contribution in [0.3, 0.4) is 0 Å². The van der Waals surface area contributed by atoms with E-state index in [1.54, 1.807) is 0 Å². The highest BCUT2D eigenvalue weighted by Crippen LogP contribution is 2.31. The number of thiophene rings is 1. The number of ether oxygens (including phenoxy) is 1. The van der Waals surface area contributed by atoms with Crippen molar-refractivity contribution in [2.45, 2.75) is 45.4 Å². The number of aryl methyl sites for hydroxylation is 2. The lowest BCUT2D eigenvalue weighted by Crippen LogP contribution is -2.21. The molecule has 2 aromatic rings. The average molecular weight is 357 g/mol. The first kappa shape index (κ1) is 17.7. The first-order valence-electron chi connectivity index (χ1n) is 8.76. The number of amides is 1. The maximum atomic E-state index is 12.2. The zero-order valence-electron chi connectivity index (χ0n) is 14.6. The summed E-state index contributed by atoms with van der Waals surface area (Å²) in [6.07, 6.45) is 4.23. The highest BCUT2D eigenvalue weighted by Gasteiger charge is 2.20. The molecular formula is C20H23NO3S. The van der Waals surface area contributed by atoms with Crippen LogP contribution >= 0.6 is 11.3 Å². The van der Waals surface area contributed by atoms with E-state index < -0.39 is 5.97 Å². The minimum Gasteiger partial charge on any atom is -0.451 e. The molecule has 0 radical (unpaired) electrons. The van der Waals surface area contributed by atoms with Crippen LogP contribution < -0.4 is 5.32 Å². The van der Waals surface area contributed by atoms with Gasteiger partial charge in [0.1, 0.15) is 4.88 Å². The summed E-state index contributed by atoms with van der Waals surface area (Å²) in [5.74, 6) is -0.370. The molecule has 1 aromatic heterocycles. The van der Waals surface area contributed by atoms with Crippen LogP contribution in [-0.2, 0) is 22.4 Å². The smallest absolute Gasteiger partial charge is 0.348 e. The number of fused-ring (bicyclic) bond motifs is 1. The Morgan fingerprint density at radius 2 is 2.08 bits per heavy atom. The Balaban J connectivity index is 1.57. The van der Waals surface area contributed by atoms with Crippen LogP contribution in [0.5, 0.6) is 0 Å². The zero-order valence-corrected chi connectivity index (χ0v) is 15.4. The van der Waals surface area contributed by atoms with Crippen molar-refractivity contribution in [2.24, 2.45) is 0 Å². The van der Waals surface area contributed by atoms with Gasteiger partial charge >= 0.3 is 5.97 Å². The number of para-hydroxylation sites is 1. The fourth-order valence-electron chi connectivity index (χ4n) is 3.08. The van der Waals surface area contributed by atoms with E-state index in [0.717, 1.165) is 36.9 Å². The fourth-order valence-corrected chi connectivity index (χ4v) is 4.23. The molecule has 0 saturated heterocycles.